The van der Waals surface area contributed by atoms with Crippen LogP contribution in [-0.2, 0) is 0 Å². The summed E-state index contributed by atoms with van der Waals surface area (Å²) in [5, 5.41) is 15.2. The van der Waals surface area contributed by atoms with Gasteiger partial charge in [-0.05, 0) is 18.8 Å². The van der Waals surface area contributed by atoms with Crippen LogP contribution in [-0.4, -0.2) is 29.3 Å². The molecule has 0 aromatic carbocycles. The zero-order valence-corrected chi connectivity index (χ0v) is 9.48. The molecule has 0 bridgehead atoms. The van der Waals surface area contributed by atoms with Crippen molar-refractivity contribution in [1.82, 2.24) is 10.5 Å². The van der Waals surface area contributed by atoms with Crippen molar-refractivity contribution >= 4 is 5.91 Å². The number of hydrogen-bond donors (Lipinski definition) is 2. The number of aliphatic hydroxyl groups excluding tert-OH is 1. The van der Waals surface area contributed by atoms with Gasteiger partial charge in [-0.1, -0.05) is 18.5 Å². The number of hydrogen-bond acceptors (Lipinski definition) is 4. The van der Waals surface area contributed by atoms with Crippen LogP contribution in [0.3, 0.4) is 0 Å². The van der Waals surface area contributed by atoms with Crippen molar-refractivity contribution in [3.63, 3.8) is 0 Å². The van der Waals surface area contributed by atoms with Crippen molar-refractivity contribution in [2.45, 2.75) is 26.2 Å². The van der Waals surface area contributed by atoms with Crippen molar-refractivity contribution in [1.29, 1.82) is 0 Å². The minimum Gasteiger partial charge on any atom is -0.396 e. The van der Waals surface area contributed by atoms with Crippen molar-refractivity contribution in [3.05, 3.63) is 18.0 Å². The average molecular weight is 226 g/mol. The Balaban J connectivity index is 2.34. The monoisotopic (exact) mass is 226 g/mol. The lowest BCUT2D eigenvalue weighted by Gasteiger charge is -2.14. The third-order valence-corrected chi connectivity index (χ3v) is 2.46. The molecule has 2 N–H and O–H groups in total. The van der Waals surface area contributed by atoms with E-state index in [1.807, 2.05) is 0 Å². The number of nitrogens with one attached hydrogen (secondary N) is 1. The Kier molecular flexibility index (Phi) is 5.56. The van der Waals surface area contributed by atoms with E-state index >= 15 is 0 Å². The summed E-state index contributed by atoms with van der Waals surface area (Å²) >= 11 is 0. The molecule has 1 atom stereocenters. The van der Waals surface area contributed by atoms with E-state index in [0.717, 1.165) is 12.8 Å². The first-order valence-corrected chi connectivity index (χ1v) is 5.57. The number of nitrogens with zero attached hydrogens (tertiary/aromatic N) is 1. The fourth-order valence-electron chi connectivity index (χ4n) is 1.60. The van der Waals surface area contributed by atoms with Gasteiger partial charge in [-0.15, -0.1) is 0 Å². The van der Waals surface area contributed by atoms with Gasteiger partial charge < -0.3 is 14.9 Å². The van der Waals surface area contributed by atoms with E-state index in [2.05, 4.69) is 21.9 Å². The van der Waals surface area contributed by atoms with Crippen molar-refractivity contribution in [2.75, 3.05) is 13.2 Å². The Bertz CT molecular complexity index is 292. The Morgan fingerprint density at radius 1 is 1.62 bits per heavy atom. The van der Waals surface area contributed by atoms with E-state index in [1.54, 1.807) is 0 Å². The summed E-state index contributed by atoms with van der Waals surface area (Å²) in [7, 11) is 0. The van der Waals surface area contributed by atoms with Gasteiger partial charge in [-0.3, -0.25) is 4.79 Å². The third kappa shape index (κ3) is 4.02. The fraction of sp³-hybridized carbons (Fsp3) is 0.636. The number of aromatic nitrogens is 1. The fourth-order valence-corrected chi connectivity index (χ4v) is 1.60. The summed E-state index contributed by atoms with van der Waals surface area (Å²) < 4.78 is 4.59. The molecule has 0 aliphatic heterocycles. The summed E-state index contributed by atoms with van der Waals surface area (Å²) in [6, 6.07) is 1.52. The lowest BCUT2D eigenvalue weighted by atomic mass is 10.0. The molecule has 5 nitrogen and oxygen atoms in total. The first kappa shape index (κ1) is 12.7. The molecule has 1 heterocycles. The van der Waals surface area contributed by atoms with E-state index in [-0.39, 0.29) is 12.5 Å². The average Bonchev–Trinajstić information content (AvgIpc) is 2.79. The van der Waals surface area contributed by atoms with Crippen LogP contribution >= 0.6 is 0 Å². The Labute approximate surface area is 94.8 Å². The zero-order chi connectivity index (χ0) is 11.8. The highest BCUT2D eigenvalue weighted by molar-refractivity contribution is 5.91. The smallest absolute Gasteiger partial charge is 0.273 e. The SMILES string of the molecule is CCCC(CCO)CNC(=O)c1ccon1. The van der Waals surface area contributed by atoms with Gasteiger partial charge in [0.25, 0.3) is 5.91 Å². The number of carbonyl (C=O) groups is 1. The molecule has 0 spiro atoms. The van der Waals surface area contributed by atoms with E-state index in [9.17, 15) is 4.79 Å². The first-order chi connectivity index (χ1) is 7.77. The minimum absolute atomic E-state index is 0.157. The molecule has 16 heavy (non-hydrogen) atoms. The molecule has 5 heteroatoms. The highest BCUT2D eigenvalue weighted by Crippen LogP contribution is 2.09. The zero-order valence-electron chi connectivity index (χ0n) is 9.48. The summed E-state index contributed by atoms with van der Waals surface area (Å²) in [6.07, 6.45) is 4.13. The third-order valence-electron chi connectivity index (χ3n) is 2.46. The van der Waals surface area contributed by atoms with Crippen LogP contribution in [0.15, 0.2) is 16.9 Å². The second kappa shape index (κ2) is 7.00. The quantitative estimate of drug-likeness (QED) is 0.732. The van der Waals surface area contributed by atoms with Crippen LogP contribution in [0, 0.1) is 5.92 Å². The van der Waals surface area contributed by atoms with E-state index in [1.165, 1.54) is 12.3 Å². The van der Waals surface area contributed by atoms with Crippen LogP contribution in [0.25, 0.3) is 0 Å². The highest BCUT2D eigenvalue weighted by atomic mass is 16.5. The predicted molar refractivity (Wildman–Crippen MR) is 58.9 cm³/mol. The molecular formula is C11H18N2O3. The molecule has 90 valence electrons. The molecule has 0 aliphatic carbocycles. The molecule has 0 radical (unpaired) electrons. The highest BCUT2D eigenvalue weighted by Gasteiger charge is 2.12. The lowest BCUT2D eigenvalue weighted by molar-refractivity contribution is 0.0934. The Morgan fingerprint density at radius 3 is 3.00 bits per heavy atom. The largest absolute Gasteiger partial charge is 0.396 e. The molecule has 1 unspecified atom stereocenters. The van der Waals surface area contributed by atoms with Crippen LogP contribution in [0.1, 0.15) is 36.7 Å². The molecule has 0 saturated heterocycles. The van der Waals surface area contributed by atoms with Gasteiger partial charge in [0.2, 0.25) is 0 Å². The summed E-state index contributed by atoms with van der Waals surface area (Å²) in [4.78, 5) is 11.5. The molecular weight excluding hydrogens is 208 g/mol. The second-order valence-corrected chi connectivity index (χ2v) is 3.76. The van der Waals surface area contributed by atoms with Crippen LogP contribution in [0.5, 0.6) is 0 Å². The summed E-state index contributed by atoms with van der Waals surface area (Å²) in [6.45, 7) is 2.81. The normalized spacial score (nSPS) is 12.4. The van der Waals surface area contributed by atoms with Crippen molar-refractivity contribution < 1.29 is 14.4 Å². The van der Waals surface area contributed by atoms with Crippen LogP contribution in [0.2, 0.25) is 0 Å². The van der Waals surface area contributed by atoms with Crippen molar-refractivity contribution in [3.8, 4) is 0 Å². The number of aliphatic hydroxyl groups is 1. The number of rotatable bonds is 7. The van der Waals surface area contributed by atoms with E-state index in [0.29, 0.717) is 24.6 Å². The summed E-state index contributed by atoms with van der Waals surface area (Å²) in [5.41, 5.74) is 0.291. The standard InChI is InChI=1S/C11H18N2O3/c1-2-3-9(4-6-14)8-12-11(15)10-5-7-16-13-10/h5,7,9,14H,2-4,6,8H2,1H3,(H,12,15). The van der Waals surface area contributed by atoms with Gasteiger partial charge in [0.05, 0.1) is 0 Å². The van der Waals surface area contributed by atoms with Crippen LogP contribution in [0.4, 0.5) is 0 Å². The summed E-state index contributed by atoms with van der Waals surface area (Å²) in [5.74, 6) is 0.0960. The number of carbonyl (C=O) groups excluding carboxylic acids is 1. The Hall–Kier alpha value is -1.36. The molecule has 0 saturated carbocycles. The van der Waals surface area contributed by atoms with Gasteiger partial charge in [0.1, 0.15) is 6.26 Å². The maximum atomic E-state index is 11.5. The number of amides is 1. The van der Waals surface area contributed by atoms with Gasteiger partial charge in [-0.25, -0.2) is 0 Å². The molecule has 1 amide bonds. The van der Waals surface area contributed by atoms with Gasteiger partial charge >= 0.3 is 0 Å². The predicted octanol–water partition coefficient (Wildman–Crippen LogP) is 1.20. The molecule has 1 aromatic rings. The maximum absolute atomic E-state index is 11.5. The first-order valence-electron chi connectivity index (χ1n) is 5.57. The maximum Gasteiger partial charge on any atom is 0.273 e. The molecule has 0 fully saturated rings. The van der Waals surface area contributed by atoms with Gasteiger partial charge in [0, 0.05) is 19.2 Å². The Morgan fingerprint density at radius 2 is 2.44 bits per heavy atom. The lowest BCUT2D eigenvalue weighted by Crippen LogP contribution is -2.30. The van der Waals surface area contributed by atoms with E-state index in [4.69, 9.17) is 5.11 Å². The van der Waals surface area contributed by atoms with Gasteiger partial charge in [0.15, 0.2) is 5.69 Å². The molecule has 0 aliphatic rings. The topological polar surface area (TPSA) is 75.4 Å². The molecule has 1 aromatic heterocycles. The second-order valence-electron chi connectivity index (χ2n) is 3.76. The molecule has 1 rings (SSSR count). The van der Waals surface area contributed by atoms with E-state index < -0.39 is 0 Å². The van der Waals surface area contributed by atoms with Crippen molar-refractivity contribution in [2.24, 2.45) is 5.92 Å². The van der Waals surface area contributed by atoms with Crippen LogP contribution < -0.4 is 5.32 Å². The minimum atomic E-state index is -0.229. The van der Waals surface area contributed by atoms with Gasteiger partial charge in [-0.2, -0.15) is 0 Å².